The second-order valence-corrected chi connectivity index (χ2v) is 3.00. The van der Waals surface area contributed by atoms with Crippen LogP contribution in [0.15, 0.2) is 9.98 Å². The first kappa shape index (κ1) is 8.22. The Labute approximate surface area is 75.5 Å². The highest BCUT2D eigenvalue weighted by molar-refractivity contribution is 5.99. The second-order valence-electron chi connectivity index (χ2n) is 3.00. The van der Waals surface area contributed by atoms with Gasteiger partial charge in [0.2, 0.25) is 11.8 Å². The molecule has 0 aromatic rings. The first-order valence-corrected chi connectivity index (χ1v) is 4.18. The molecule has 0 saturated carbocycles. The summed E-state index contributed by atoms with van der Waals surface area (Å²) in [6.45, 7) is 3.42. The molecular formula is C8H10N2O3. The van der Waals surface area contributed by atoms with Crippen molar-refractivity contribution >= 4 is 17.6 Å². The number of carbonyl (C=O) groups is 1. The zero-order valence-electron chi connectivity index (χ0n) is 7.53. The van der Waals surface area contributed by atoms with Gasteiger partial charge in [0.25, 0.3) is 0 Å². The van der Waals surface area contributed by atoms with E-state index in [-0.39, 0.29) is 12.2 Å². The number of hydrogen-bond donors (Lipinski definition) is 0. The van der Waals surface area contributed by atoms with E-state index in [1.807, 2.05) is 6.92 Å². The molecule has 0 radical (unpaired) electrons. The number of ketones is 1. The third-order valence-corrected chi connectivity index (χ3v) is 1.74. The van der Waals surface area contributed by atoms with E-state index in [1.54, 1.807) is 0 Å². The van der Waals surface area contributed by atoms with Gasteiger partial charge in [-0.15, -0.1) is 9.98 Å². The summed E-state index contributed by atoms with van der Waals surface area (Å²) in [6.07, 6.45) is 0.963. The Bertz CT molecular complexity index is 321. The maximum atomic E-state index is 10.6. The number of rotatable bonds is 3. The quantitative estimate of drug-likeness (QED) is 0.649. The van der Waals surface area contributed by atoms with E-state index in [9.17, 15) is 4.79 Å². The average Bonchev–Trinajstić information content (AvgIpc) is 1.90. The molecule has 13 heavy (non-hydrogen) atoms. The molecule has 5 nitrogen and oxygen atoms in total. The summed E-state index contributed by atoms with van der Waals surface area (Å²) in [5, 5.41) is 0. The number of carbonyl (C=O) groups excluding carboxylic acids is 1. The molecule has 1 spiro atoms. The largest absolute Gasteiger partial charge is 0.478 e. The van der Waals surface area contributed by atoms with Gasteiger partial charge in [-0.05, 0) is 6.92 Å². The summed E-state index contributed by atoms with van der Waals surface area (Å²) in [4.78, 5) is 18.6. The third-order valence-electron chi connectivity index (χ3n) is 1.74. The fraction of sp³-hybridized carbons (Fsp3) is 0.625. The van der Waals surface area contributed by atoms with Crippen molar-refractivity contribution in [3.63, 3.8) is 0 Å². The second kappa shape index (κ2) is 2.55. The summed E-state index contributed by atoms with van der Waals surface area (Å²) in [5.74, 6) is 1.07. The van der Waals surface area contributed by atoms with Crippen LogP contribution >= 0.6 is 0 Å². The minimum Gasteiger partial charge on any atom is -0.401 e. The zero-order valence-corrected chi connectivity index (χ0v) is 7.53. The van der Waals surface area contributed by atoms with Crippen LogP contribution in [0.2, 0.25) is 0 Å². The van der Waals surface area contributed by atoms with Crippen molar-refractivity contribution in [3.8, 4) is 0 Å². The van der Waals surface area contributed by atoms with Crippen molar-refractivity contribution in [2.24, 2.45) is 9.98 Å². The Hall–Kier alpha value is -1.39. The number of hydrogen-bond acceptors (Lipinski definition) is 5. The molecule has 0 aliphatic carbocycles. The standard InChI is InChI=1S/C8H10N2O3/c1-3-6-9-8(12-6)10-7(13-8)4-5(2)11/h3-4H2,1-2H3. The highest BCUT2D eigenvalue weighted by Crippen LogP contribution is 2.35. The molecule has 0 fully saturated rings. The number of ether oxygens (including phenoxy) is 2. The minimum absolute atomic E-state index is 0.0209. The summed E-state index contributed by atoms with van der Waals surface area (Å²) < 4.78 is 10.3. The molecule has 0 aromatic heterocycles. The van der Waals surface area contributed by atoms with E-state index in [2.05, 4.69) is 9.98 Å². The molecule has 70 valence electrons. The molecule has 0 saturated heterocycles. The van der Waals surface area contributed by atoms with Gasteiger partial charge in [-0.1, -0.05) is 6.92 Å². The van der Waals surface area contributed by atoms with Gasteiger partial charge in [0.05, 0.1) is 6.42 Å². The van der Waals surface area contributed by atoms with Crippen LogP contribution in [0.5, 0.6) is 0 Å². The Morgan fingerprint density at radius 1 is 1.38 bits per heavy atom. The van der Waals surface area contributed by atoms with Crippen molar-refractivity contribution in [3.05, 3.63) is 0 Å². The molecule has 1 unspecified atom stereocenters. The van der Waals surface area contributed by atoms with Crippen molar-refractivity contribution in [1.29, 1.82) is 0 Å². The van der Waals surface area contributed by atoms with E-state index < -0.39 is 6.03 Å². The fourth-order valence-electron chi connectivity index (χ4n) is 1.17. The predicted octanol–water partition coefficient (Wildman–Crippen LogP) is 0.844. The molecular weight excluding hydrogens is 172 g/mol. The fourth-order valence-corrected chi connectivity index (χ4v) is 1.17. The first-order valence-electron chi connectivity index (χ1n) is 4.18. The molecule has 2 aliphatic heterocycles. The van der Waals surface area contributed by atoms with E-state index in [0.717, 1.165) is 6.42 Å². The maximum Gasteiger partial charge on any atom is 0.478 e. The molecule has 1 atom stereocenters. The Morgan fingerprint density at radius 3 is 2.38 bits per heavy atom. The topological polar surface area (TPSA) is 60.2 Å². The van der Waals surface area contributed by atoms with Crippen molar-refractivity contribution in [1.82, 2.24) is 0 Å². The van der Waals surface area contributed by atoms with Gasteiger partial charge in [-0.2, -0.15) is 0 Å². The minimum atomic E-state index is -1.10. The SMILES string of the molecule is CCC1=NC2(N=C(CC(C)=O)O2)O1. The van der Waals surface area contributed by atoms with Gasteiger partial charge >= 0.3 is 6.03 Å². The highest BCUT2D eigenvalue weighted by atomic mass is 16.8. The van der Waals surface area contributed by atoms with E-state index in [4.69, 9.17) is 9.47 Å². The molecule has 0 aromatic carbocycles. The number of Topliss-reactive ketones (excluding diaryl/α,β-unsaturated/α-hetero) is 1. The van der Waals surface area contributed by atoms with Gasteiger partial charge in [0.15, 0.2) is 0 Å². The molecule has 0 N–H and O–H groups in total. The van der Waals surface area contributed by atoms with E-state index in [0.29, 0.717) is 11.8 Å². The van der Waals surface area contributed by atoms with E-state index >= 15 is 0 Å². The molecule has 0 amide bonds. The van der Waals surface area contributed by atoms with Crippen LogP contribution in [-0.4, -0.2) is 23.6 Å². The number of aliphatic imine (C=N–C) groups is 2. The molecule has 2 rings (SSSR count). The lowest BCUT2D eigenvalue weighted by Crippen LogP contribution is -2.52. The normalized spacial score (nSPS) is 29.1. The van der Waals surface area contributed by atoms with Crippen LogP contribution in [-0.2, 0) is 14.3 Å². The Balaban J connectivity index is 1.95. The summed E-state index contributed by atoms with van der Waals surface area (Å²) >= 11 is 0. The van der Waals surface area contributed by atoms with Gasteiger partial charge in [0.1, 0.15) is 5.78 Å². The van der Waals surface area contributed by atoms with Gasteiger partial charge < -0.3 is 9.47 Å². The molecule has 2 aliphatic rings. The summed E-state index contributed by atoms with van der Waals surface area (Å²) in [6, 6.07) is -1.10. The third kappa shape index (κ3) is 1.30. The van der Waals surface area contributed by atoms with Gasteiger partial charge in [-0.25, -0.2) is 0 Å². The molecule has 0 bridgehead atoms. The zero-order chi connectivity index (χ0) is 9.47. The Morgan fingerprint density at radius 2 is 1.92 bits per heavy atom. The number of nitrogens with zero attached hydrogens (tertiary/aromatic N) is 2. The lowest BCUT2D eigenvalue weighted by atomic mass is 10.3. The van der Waals surface area contributed by atoms with Crippen LogP contribution < -0.4 is 0 Å². The van der Waals surface area contributed by atoms with Gasteiger partial charge in [0, 0.05) is 6.42 Å². The maximum absolute atomic E-state index is 10.6. The van der Waals surface area contributed by atoms with Crippen LogP contribution in [0.4, 0.5) is 0 Å². The van der Waals surface area contributed by atoms with Crippen molar-refractivity contribution in [2.75, 3.05) is 0 Å². The molecule has 2 heterocycles. The summed E-state index contributed by atoms with van der Waals surface area (Å²) in [5.41, 5.74) is 0. The Kier molecular flexibility index (Phi) is 1.61. The van der Waals surface area contributed by atoms with Crippen molar-refractivity contribution < 1.29 is 14.3 Å². The smallest absolute Gasteiger partial charge is 0.401 e. The highest BCUT2D eigenvalue weighted by Gasteiger charge is 2.51. The molecule has 5 heteroatoms. The lowest BCUT2D eigenvalue weighted by Gasteiger charge is -2.39. The van der Waals surface area contributed by atoms with Crippen LogP contribution in [0.1, 0.15) is 26.7 Å². The average molecular weight is 182 g/mol. The first-order chi connectivity index (χ1) is 6.13. The predicted molar refractivity (Wildman–Crippen MR) is 45.4 cm³/mol. The van der Waals surface area contributed by atoms with Crippen LogP contribution in [0.25, 0.3) is 0 Å². The van der Waals surface area contributed by atoms with E-state index in [1.165, 1.54) is 6.92 Å². The van der Waals surface area contributed by atoms with Crippen molar-refractivity contribution in [2.45, 2.75) is 32.7 Å². The van der Waals surface area contributed by atoms with Crippen LogP contribution in [0.3, 0.4) is 0 Å². The van der Waals surface area contributed by atoms with Crippen LogP contribution in [0, 0.1) is 0 Å². The lowest BCUT2D eigenvalue weighted by molar-refractivity contribution is -0.188. The monoisotopic (exact) mass is 182 g/mol. The van der Waals surface area contributed by atoms with Gasteiger partial charge in [-0.3, -0.25) is 4.79 Å². The summed E-state index contributed by atoms with van der Waals surface area (Å²) in [7, 11) is 0.